The van der Waals surface area contributed by atoms with Gasteiger partial charge < -0.3 is 5.32 Å². The van der Waals surface area contributed by atoms with E-state index < -0.39 is 0 Å². The van der Waals surface area contributed by atoms with E-state index in [1.807, 2.05) is 18.2 Å². The molecule has 6 heteroatoms. The van der Waals surface area contributed by atoms with Crippen molar-refractivity contribution in [3.63, 3.8) is 0 Å². The quantitative estimate of drug-likeness (QED) is 0.800. The van der Waals surface area contributed by atoms with E-state index in [1.165, 1.54) is 11.9 Å². The minimum absolute atomic E-state index is 0.755. The molecular weight excluding hydrogens is 268 g/mol. The summed E-state index contributed by atoms with van der Waals surface area (Å²) in [7, 11) is 0. The standard InChI is InChI=1S/C12H15ClN4S/c1-2-5-14-7-9-6-10(13)3-4-11(9)18-12-15-8-16-17-12/h3-4,6,8,14H,2,5,7H2,1H3,(H,15,16,17). The molecule has 1 aromatic carbocycles. The van der Waals surface area contributed by atoms with Crippen molar-refractivity contribution in [3.05, 3.63) is 35.1 Å². The number of halogens is 1. The Labute approximate surface area is 116 Å². The molecule has 1 heterocycles. The van der Waals surface area contributed by atoms with Crippen LogP contribution in [0.4, 0.5) is 0 Å². The fourth-order valence-corrected chi connectivity index (χ4v) is 2.53. The number of hydrogen-bond acceptors (Lipinski definition) is 4. The topological polar surface area (TPSA) is 53.6 Å². The molecular formula is C12H15ClN4S. The highest BCUT2D eigenvalue weighted by atomic mass is 35.5. The first kappa shape index (κ1) is 13.4. The Morgan fingerprint density at radius 2 is 2.33 bits per heavy atom. The molecule has 0 bridgehead atoms. The molecule has 2 N–H and O–H groups in total. The summed E-state index contributed by atoms with van der Waals surface area (Å²) >= 11 is 7.60. The van der Waals surface area contributed by atoms with Crippen molar-refractivity contribution in [1.82, 2.24) is 20.5 Å². The molecule has 96 valence electrons. The smallest absolute Gasteiger partial charge is 0.188 e. The van der Waals surface area contributed by atoms with Gasteiger partial charge in [0.1, 0.15) is 6.33 Å². The SMILES string of the molecule is CCCNCc1cc(Cl)ccc1Sc1ncn[nH]1. The largest absolute Gasteiger partial charge is 0.313 e. The van der Waals surface area contributed by atoms with Crippen molar-refractivity contribution in [2.75, 3.05) is 6.54 Å². The third-order valence-corrected chi connectivity index (χ3v) is 3.61. The van der Waals surface area contributed by atoms with Gasteiger partial charge in [0.05, 0.1) is 0 Å². The predicted molar refractivity (Wildman–Crippen MR) is 74.0 cm³/mol. The molecule has 0 saturated heterocycles. The van der Waals surface area contributed by atoms with Crippen molar-refractivity contribution in [1.29, 1.82) is 0 Å². The van der Waals surface area contributed by atoms with Gasteiger partial charge in [-0.1, -0.05) is 30.3 Å². The average molecular weight is 283 g/mol. The van der Waals surface area contributed by atoms with Crippen LogP contribution in [-0.2, 0) is 6.54 Å². The molecule has 0 radical (unpaired) electrons. The molecule has 0 saturated carbocycles. The fraction of sp³-hybridized carbons (Fsp3) is 0.333. The first-order valence-electron chi connectivity index (χ1n) is 5.82. The zero-order valence-corrected chi connectivity index (χ0v) is 11.7. The summed E-state index contributed by atoms with van der Waals surface area (Å²) in [6.45, 7) is 3.96. The van der Waals surface area contributed by atoms with Crippen LogP contribution in [0.1, 0.15) is 18.9 Å². The Kier molecular flexibility index (Phi) is 5.04. The van der Waals surface area contributed by atoms with Gasteiger partial charge in [-0.15, -0.1) is 0 Å². The first-order valence-corrected chi connectivity index (χ1v) is 7.01. The van der Waals surface area contributed by atoms with E-state index in [0.717, 1.165) is 34.6 Å². The number of H-pyrrole nitrogens is 1. The van der Waals surface area contributed by atoms with Crippen LogP contribution in [-0.4, -0.2) is 21.7 Å². The molecule has 0 aliphatic carbocycles. The molecule has 4 nitrogen and oxygen atoms in total. The van der Waals surface area contributed by atoms with E-state index in [-0.39, 0.29) is 0 Å². The van der Waals surface area contributed by atoms with Crippen LogP contribution in [0.2, 0.25) is 5.02 Å². The van der Waals surface area contributed by atoms with Crippen LogP contribution < -0.4 is 5.32 Å². The van der Waals surface area contributed by atoms with Gasteiger partial charge in [-0.05, 0) is 36.7 Å². The van der Waals surface area contributed by atoms with E-state index in [4.69, 9.17) is 11.6 Å². The van der Waals surface area contributed by atoms with Gasteiger partial charge in [-0.3, -0.25) is 5.10 Å². The predicted octanol–water partition coefficient (Wildman–Crippen LogP) is 3.11. The number of rotatable bonds is 6. The van der Waals surface area contributed by atoms with E-state index >= 15 is 0 Å². The number of hydrogen-bond donors (Lipinski definition) is 2. The molecule has 0 spiro atoms. The maximum atomic E-state index is 6.04. The normalized spacial score (nSPS) is 10.8. The second-order valence-electron chi connectivity index (χ2n) is 3.82. The van der Waals surface area contributed by atoms with Crippen LogP contribution >= 0.6 is 23.4 Å². The van der Waals surface area contributed by atoms with Crippen LogP contribution in [0.3, 0.4) is 0 Å². The fourth-order valence-electron chi connectivity index (χ4n) is 1.53. The zero-order valence-electron chi connectivity index (χ0n) is 10.1. The molecule has 0 unspecified atom stereocenters. The average Bonchev–Trinajstić information content (AvgIpc) is 2.86. The van der Waals surface area contributed by atoms with Gasteiger partial charge >= 0.3 is 0 Å². The summed E-state index contributed by atoms with van der Waals surface area (Å²) in [5.74, 6) is 0. The van der Waals surface area contributed by atoms with Crippen molar-refractivity contribution in [2.45, 2.75) is 29.9 Å². The minimum atomic E-state index is 0.755. The molecule has 18 heavy (non-hydrogen) atoms. The lowest BCUT2D eigenvalue weighted by Gasteiger charge is -2.09. The molecule has 1 aromatic heterocycles. The second kappa shape index (κ2) is 6.78. The highest BCUT2D eigenvalue weighted by Crippen LogP contribution is 2.29. The summed E-state index contributed by atoms with van der Waals surface area (Å²) in [6.07, 6.45) is 2.62. The summed E-state index contributed by atoms with van der Waals surface area (Å²) in [5, 5.41) is 11.6. The van der Waals surface area contributed by atoms with Gasteiger partial charge in [-0.25, -0.2) is 4.98 Å². The van der Waals surface area contributed by atoms with E-state index in [0.29, 0.717) is 0 Å². The van der Waals surface area contributed by atoms with Crippen LogP contribution in [0, 0.1) is 0 Å². The van der Waals surface area contributed by atoms with Crippen molar-refractivity contribution in [3.8, 4) is 0 Å². The number of aromatic nitrogens is 3. The summed E-state index contributed by atoms with van der Waals surface area (Å²) in [4.78, 5) is 5.25. The number of aromatic amines is 1. The molecule has 0 aliphatic rings. The summed E-state index contributed by atoms with van der Waals surface area (Å²) < 4.78 is 0. The Bertz CT molecular complexity index is 487. The highest BCUT2D eigenvalue weighted by Gasteiger charge is 2.07. The van der Waals surface area contributed by atoms with E-state index in [9.17, 15) is 0 Å². The van der Waals surface area contributed by atoms with Gasteiger partial charge in [0, 0.05) is 16.5 Å². The maximum absolute atomic E-state index is 6.04. The number of nitrogens with zero attached hydrogens (tertiary/aromatic N) is 2. The van der Waals surface area contributed by atoms with Gasteiger partial charge in [0.15, 0.2) is 5.16 Å². The Morgan fingerprint density at radius 1 is 1.44 bits per heavy atom. The molecule has 0 atom stereocenters. The van der Waals surface area contributed by atoms with Gasteiger partial charge in [-0.2, -0.15) is 5.10 Å². The molecule has 0 fully saturated rings. The van der Waals surface area contributed by atoms with Crippen LogP contribution in [0.5, 0.6) is 0 Å². The third-order valence-electron chi connectivity index (χ3n) is 2.36. The molecule has 0 amide bonds. The summed E-state index contributed by atoms with van der Waals surface area (Å²) in [5.41, 5.74) is 1.18. The van der Waals surface area contributed by atoms with E-state index in [1.54, 1.807) is 11.8 Å². The maximum Gasteiger partial charge on any atom is 0.188 e. The lowest BCUT2D eigenvalue weighted by molar-refractivity contribution is 0.669. The zero-order chi connectivity index (χ0) is 12.8. The van der Waals surface area contributed by atoms with Gasteiger partial charge in [0.25, 0.3) is 0 Å². The lowest BCUT2D eigenvalue weighted by Crippen LogP contribution is -2.14. The van der Waals surface area contributed by atoms with Crippen molar-refractivity contribution < 1.29 is 0 Å². The van der Waals surface area contributed by atoms with Gasteiger partial charge in [0.2, 0.25) is 0 Å². The third kappa shape index (κ3) is 3.73. The summed E-state index contributed by atoms with van der Waals surface area (Å²) in [6, 6.07) is 5.89. The second-order valence-corrected chi connectivity index (χ2v) is 5.29. The minimum Gasteiger partial charge on any atom is -0.313 e. The van der Waals surface area contributed by atoms with Crippen molar-refractivity contribution >= 4 is 23.4 Å². The lowest BCUT2D eigenvalue weighted by atomic mass is 10.2. The Hall–Kier alpha value is -1.04. The Morgan fingerprint density at radius 3 is 3.06 bits per heavy atom. The Balaban J connectivity index is 2.12. The number of benzene rings is 1. The first-order chi connectivity index (χ1) is 8.79. The van der Waals surface area contributed by atoms with Crippen LogP contribution in [0.15, 0.2) is 34.6 Å². The molecule has 2 rings (SSSR count). The molecule has 0 aliphatic heterocycles. The monoisotopic (exact) mass is 282 g/mol. The number of nitrogens with one attached hydrogen (secondary N) is 2. The highest BCUT2D eigenvalue weighted by molar-refractivity contribution is 7.99. The molecule has 2 aromatic rings. The van der Waals surface area contributed by atoms with Crippen LogP contribution in [0.25, 0.3) is 0 Å². The van der Waals surface area contributed by atoms with E-state index in [2.05, 4.69) is 27.4 Å². The van der Waals surface area contributed by atoms with Crippen molar-refractivity contribution in [2.24, 2.45) is 0 Å².